The lowest BCUT2D eigenvalue weighted by Crippen LogP contribution is -2.36. The van der Waals surface area contributed by atoms with Crippen LogP contribution in [0, 0.1) is 18.8 Å². The minimum Gasteiger partial charge on any atom is -0.322 e. The third kappa shape index (κ3) is 4.35. The summed E-state index contributed by atoms with van der Waals surface area (Å²) in [7, 11) is 1.68. The maximum atomic E-state index is 13.0. The molecule has 3 heterocycles. The molecule has 0 saturated carbocycles. The maximum Gasteiger partial charge on any atom is 0.344 e. The molecule has 0 aliphatic carbocycles. The average Bonchev–Trinajstić information content (AvgIpc) is 3.55. The van der Waals surface area contributed by atoms with Gasteiger partial charge >= 0.3 is 6.03 Å². The van der Waals surface area contributed by atoms with Gasteiger partial charge in [0.15, 0.2) is 0 Å². The highest BCUT2D eigenvalue weighted by Gasteiger charge is 2.42. The molecule has 2 saturated heterocycles. The zero-order valence-corrected chi connectivity index (χ0v) is 20.0. The van der Waals surface area contributed by atoms with E-state index >= 15 is 0 Å². The van der Waals surface area contributed by atoms with E-state index in [2.05, 4.69) is 59.4 Å². The van der Waals surface area contributed by atoms with Gasteiger partial charge < -0.3 is 9.80 Å². The van der Waals surface area contributed by atoms with E-state index in [1.54, 1.807) is 19.4 Å². The van der Waals surface area contributed by atoms with Crippen molar-refractivity contribution in [2.45, 2.75) is 20.4 Å². The van der Waals surface area contributed by atoms with Gasteiger partial charge in [-0.1, -0.05) is 48.5 Å². The number of aromatic nitrogens is 2. The Morgan fingerprint density at radius 3 is 2.35 bits per heavy atom. The summed E-state index contributed by atoms with van der Waals surface area (Å²) in [5.41, 5.74) is 5.81. The molecular weight excluding hydrogens is 426 g/mol. The summed E-state index contributed by atoms with van der Waals surface area (Å²) in [5.74, 6) is 0.887. The summed E-state index contributed by atoms with van der Waals surface area (Å²) in [5, 5.41) is 4.19. The third-order valence-electron chi connectivity index (χ3n) is 7.30. The Bertz CT molecular complexity index is 1190. The highest BCUT2D eigenvalue weighted by Crippen LogP contribution is 2.33. The fraction of sp³-hybridized carbons (Fsp3) is 0.370. The largest absolute Gasteiger partial charge is 0.344 e. The first kappa shape index (κ1) is 22.3. The third-order valence-corrected chi connectivity index (χ3v) is 7.30. The molecule has 2 aliphatic heterocycles. The molecule has 0 radical (unpaired) electrons. The number of rotatable bonds is 4. The van der Waals surface area contributed by atoms with Crippen LogP contribution in [0.5, 0.6) is 0 Å². The topological polar surface area (TPSA) is 61.7 Å². The predicted molar refractivity (Wildman–Crippen MR) is 133 cm³/mol. The Labute approximate surface area is 200 Å². The Kier molecular flexibility index (Phi) is 5.96. The molecule has 2 amide bonds. The monoisotopic (exact) mass is 457 g/mol. The first-order chi connectivity index (χ1) is 16.4. The number of nitrogens with zero attached hydrogens (tertiary/aromatic N) is 5. The molecule has 7 nitrogen and oxygen atoms in total. The lowest BCUT2D eigenvalue weighted by molar-refractivity contribution is -0.116. The number of anilines is 1. The van der Waals surface area contributed by atoms with Crippen molar-refractivity contribution in [2.24, 2.45) is 11.8 Å². The van der Waals surface area contributed by atoms with E-state index in [-0.39, 0.29) is 11.9 Å². The summed E-state index contributed by atoms with van der Waals surface area (Å²) in [6, 6.07) is 17.1. The number of likely N-dealkylation sites (tertiary alicyclic amines) is 2. The van der Waals surface area contributed by atoms with Gasteiger partial charge in [-0.2, -0.15) is 9.78 Å². The van der Waals surface area contributed by atoms with Crippen LogP contribution >= 0.6 is 0 Å². The Morgan fingerprint density at radius 1 is 1.00 bits per heavy atom. The zero-order valence-electron chi connectivity index (χ0n) is 20.0. The fourth-order valence-electron chi connectivity index (χ4n) is 5.22. The number of hydrogen-bond donors (Lipinski definition) is 0. The molecule has 2 atom stereocenters. The molecule has 2 fully saturated rings. The van der Waals surface area contributed by atoms with Crippen LogP contribution in [0.2, 0.25) is 0 Å². The first-order valence-electron chi connectivity index (χ1n) is 11.8. The molecular formula is C27H31N5O2. The van der Waals surface area contributed by atoms with Gasteiger partial charge in [0, 0.05) is 46.7 Å². The normalized spacial score (nSPS) is 19.9. The van der Waals surface area contributed by atoms with Crippen LogP contribution < -0.4 is 4.90 Å². The van der Waals surface area contributed by atoms with Crippen molar-refractivity contribution in [1.82, 2.24) is 19.6 Å². The van der Waals surface area contributed by atoms with Crippen LogP contribution in [-0.2, 0) is 11.3 Å². The van der Waals surface area contributed by atoms with E-state index in [4.69, 9.17) is 0 Å². The lowest BCUT2D eigenvalue weighted by Gasteiger charge is -2.22. The number of fused-ring (bicyclic) bond motifs is 1. The summed E-state index contributed by atoms with van der Waals surface area (Å²) in [6.45, 7) is 8.15. The van der Waals surface area contributed by atoms with Gasteiger partial charge in [-0.05, 0) is 41.0 Å². The summed E-state index contributed by atoms with van der Waals surface area (Å²) in [6.07, 6.45) is 3.19. The van der Waals surface area contributed by atoms with Crippen molar-refractivity contribution >= 4 is 17.6 Å². The Hall–Kier alpha value is -3.45. The second kappa shape index (κ2) is 9.06. The summed E-state index contributed by atoms with van der Waals surface area (Å²) in [4.78, 5) is 30.4. The highest BCUT2D eigenvalue weighted by atomic mass is 16.2. The number of hydrogen-bond acceptors (Lipinski definition) is 4. The minimum atomic E-state index is -0.114. The molecule has 5 rings (SSSR count). The van der Waals surface area contributed by atoms with Gasteiger partial charge in [0.25, 0.3) is 0 Å². The molecule has 7 heteroatoms. The van der Waals surface area contributed by atoms with Crippen molar-refractivity contribution < 1.29 is 9.59 Å². The van der Waals surface area contributed by atoms with E-state index in [9.17, 15) is 9.59 Å². The lowest BCUT2D eigenvalue weighted by atomic mass is 9.99. The molecule has 0 spiro atoms. The van der Waals surface area contributed by atoms with Gasteiger partial charge in [-0.25, -0.2) is 4.79 Å². The second-order valence-corrected chi connectivity index (χ2v) is 9.63. The van der Waals surface area contributed by atoms with Gasteiger partial charge in [0.1, 0.15) is 0 Å². The number of benzene rings is 2. The predicted octanol–water partition coefficient (Wildman–Crippen LogP) is 3.87. The molecule has 34 heavy (non-hydrogen) atoms. The number of amides is 2. The highest BCUT2D eigenvalue weighted by molar-refractivity contribution is 5.91. The molecule has 0 N–H and O–H groups in total. The van der Waals surface area contributed by atoms with Crippen LogP contribution in [0.4, 0.5) is 10.5 Å². The van der Waals surface area contributed by atoms with Crippen molar-refractivity contribution in [3.63, 3.8) is 0 Å². The molecule has 3 aromatic rings. The SMILES string of the molecule is CC(=O)N(C)c1cnn(C(=O)N2CC3CN(Cc4ccc(-c5ccccc5)cc4C)CC3C2)c1. The van der Waals surface area contributed by atoms with Crippen molar-refractivity contribution in [2.75, 3.05) is 38.1 Å². The van der Waals surface area contributed by atoms with Crippen molar-refractivity contribution in [3.05, 3.63) is 72.1 Å². The second-order valence-electron chi connectivity index (χ2n) is 9.63. The molecule has 2 unspecified atom stereocenters. The first-order valence-corrected chi connectivity index (χ1v) is 11.8. The smallest absolute Gasteiger partial charge is 0.322 e. The van der Waals surface area contributed by atoms with Gasteiger partial charge in [-0.3, -0.25) is 9.69 Å². The number of carbonyl (C=O) groups is 2. The van der Waals surface area contributed by atoms with E-state index in [1.807, 2.05) is 11.0 Å². The van der Waals surface area contributed by atoms with Gasteiger partial charge in [0.2, 0.25) is 5.91 Å². The standard InChI is InChI=1S/C27H31N5O2/c1-19-11-22(21-7-5-4-6-8-21)9-10-23(19)13-30-14-24-16-31(17-25(24)15-30)27(34)32-18-26(12-28-32)29(3)20(2)33/h4-12,18,24-25H,13-17H2,1-3H3. The molecule has 176 valence electrons. The minimum absolute atomic E-state index is 0.0901. The van der Waals surface area contributed by atoms with Crippen molar-refractivity contribution in [3.8, 4) is 11.1 Å². The molecule has 2 aromatic carbocycles. The van der Waals surface area contributed by atoms with E-state index in [1.165, 1.54) is 38.8 Å². The molecule has 0 bridgehead atoms. The van der Waals surface area contributed by atoms with E-state index < -0.39 is 0 Å². The summed E-state index contributed by atoms with van der Waals surface area (Å²) >= 11 is 0. The van der Waals surface area contributed by atoms with E-state index in [0.717, 1.165) is 32.7 Å². The van der Waals surface area contributed by atoms with Crippen LogP contribution in [0.15, 0.2) is 60.9 Å². The number of aryl methyl sites for hydroxylation is 1. The summed E-state index contributed by atoms with van der Waals surface area (Å²) < 4.78 is 1.35. The maximum absolute atomic E-state index is 13.0. The quantitative estimate of drug-likeness (QED) is 0.597. The average molecular weight is 458 g/mol. The zero-order chi connectivity index (χ0) is 23.8. The van der Waals surface area contributed by atoms with Gasteiger partial charge in [-0.15, -0.1) is 0 Å². The Balaban J connectivity index is 1.18. The van der Waals surface area contributed by atoms with E-state index in [0.29, 0.717) is 17.5 Å². The fourth-order valence-corrected chi connectivity index (χ4v) is 5.22. The van der Waals surface area contributed by atoms with Crippen LogP contribution in [0.3, 0.4) is 0 Å². The number of carbonyl (C=O) groups excluding carboxylic acids is 2. The van der Waals surface area contributed by atoms with Crippen molar-refractivity contribution in [1.29, 1.82) is 0 Å². The van der Waals surface area contributed by atoms with Crippen LogP contribution in [0.1, 0.15) is 18.1 Å². The Morgan fingerprint density at radius 2 is 1.71 bits per heavy atom. The van der Waals surface area contributed by atoms with Gasteiger partial charge in [0.05, 0.1) is 18.1 Å². The van der Waals surface area contributed by atoms with Crippen LogP contribution in [0.25, 0.3) is 11.1 Å². The molecule has 2 aliphatic rings. The molecule has 1 aromatic heterocycles. The van der Waals surface area contributed by atoms with Crippen LogP contribution in [-0.4, -0.2) is 64.7 Å².